The fourth-order valence-electron chi connectivity index (χ4n) is 1.01. The van der Waals surface area contributed by atoms with Crippen LogP contribution in [0.15, 0.2) is 0 Å². The second-order valence-corrected chi connectivity index (χ2v) is 6.36. The van der Waals surface area contributed by atoms with Gasteiger partial charge in [0.05, 0.1) is 7.14 Å². The van der Waals surface area contributed by atoms with Crippen LogP contribution in [0.2, 0.25) is 0 Å². The zero-order valence-electron chi connectivity index (χ0n) is 7.20. The van der Waals surface area contributed by atoms with E-state index in [9.17, 15) is 9.36 Å². The molecule has 0 aromatic heterocycles. The van der Waals surface area contributed by atoms with Gasteiger partial charge in [0, 0.05) is 0 Å². The van der Waals surface area contributed by atoms with Crippen molar-refractivity contribution < 1.29 is 14.5 Å². The highest BCUT2D eigenvalue weighted by Crippen LogP contribution is 2.47. The Balaban J connectivity index is 4.50. The molecule has 0 heterocycles. The molecule has 3 nitrogen and oxygen atoms in total. The average molecular weight is 178 g/mol. The largest absolute Gasteiger partial charge is 0.481 e. The molecule has 0 aliphatic heterocycles. The van der Waals surface area contributed by atoms with Gasteiger partial charge in [0.1, 0.15) is 5.66 Å². The summed E-state index contributed by atoms with van der Waals surface area (Å²) in [4.78, 5) is 10.6. The molecule has 2 atom stereocenters. The van der Waals surface area contributed by atoms with Crippen molar-refractivity contribution in [3.05, 3.63) is 0 Å². The number of rotatable bonds is 4. The van der Waals surface area contributed by atoms with Crippen molar-refractivity contribution in [2.45, 2.75) is 25.9 Å². The molecule has 11 heavy (non-hydrogen) atoms. The second kappa shape index (κ2) is 3.91. The lowest BCUT2D eigenvalue weighted by molar-refractivity contribution is -0.136. The van der Waals surface area contributed by atoms with E-state index in [2.05, 4.69) is 0 Å². The lowest BCUT2D eigenvalue weighted by atomic mass is 10.3. The van der Waals surface area contributed by atoms with Crippen LogP contribution in [0, 0.1) is 0 Å². The van der Waals surface area contributed by atoms with Crippen molar-refractivity contribution in [3.8, 4) is 0 Å². The number of aliphatic carboxylic acids is 1. The van der Waals surface area contributed by atoms with E-state index in [4.69, 9.17) is 5.11 Å². The molecule has 2 unspecified atom stereocenters. The lowest BCUT2D eigenvalue weighted by Gasteiger charge is -2.17. The molecule has 0 aromatic carbocycles. The number of carboxylic acids is 1. The highest BCUT2D eigenvalue weighted by atomic mass is 31.2. The smallest absolute Gasteiger partial charge is 0.313 e. The molecule has 0 saturated heterocycles. The van der Waals surface area contributed by atoms with Crippen LogP contribution in [0.1, 0.15) is 20.3 Å². The van der Waals surface area contributed by atoms with Crippen molar-refractivity contribution >= 4 is 13.1 Å². The van der Waals surface area contributed by atoms with E-state index < -0.39 is 18.8 Å². The maximum absolute atomic E-state index is 11.6. The Kier molecular flexibility index (Phi) is 3.81. The van der Waals surface area contributed by atoms with E-state index in [1.54, 1.807) is 20.5 Å². The highest BCUT2D eigenvalue weighted by molar-refractivity contribution is 7.64. The van der Waals surface area contributed by atoms with Gasteiger partial charge in [-0.25, -0.2) is 0 Å². The van der Waals surface area contributed by atoms with Crippen molar-refractivity contribution in [2.75, 3.05) is 12.8 Å². The minimum Gasteiger partial charge on any atom is -0.481 e. The van der Waals surface area contributed by atoms with Gasteiger partial charge in [-0.15, -0.1) is 0 Å². The minimum absolute atomic E-state index is 0.455. The Morgan fingerprint density at radius 1 is 1.55 bits per heavy atom. The summed E-state index contributed by atoms with van der Waals surface area (Å²) in [5.41, 5.74) is -0.646. The third-order valence-corrected chi connectivity index (χ3v) is 5.12. The fourth-order valence-corrected chi connectivity index (χ4v) is 2.70. The molecule has 0 saturated carbocycles. The first-order valence-corrected chi connectivity index (χ1v) is 6.15. The summed E-state index contributed by atoms with van der Waals surface area (Å²) in [7, 11) is -2.44. The standard InChI is InChI=1S/C7H15O3P/c1-4-6(7(8)9)11(3,10)5-2/h6H,4-5H2,1-3H3,(H,8,9). The third-order valence-electron chi connectivity index (χ3n) is 1.96. The maximum atomic E-state index is 11.6. The van der Waals surface area contributed by atoms with Crippen LogP contribution in [0.4, 0.5) is 0 Å². The maximum Gasteiger partial charge on any atom is 0.313 e. The van der Waals surface area contributed by atoms with Crippen molar-refractivity contribution in [2.24, 2.45) is 0 Å². The number of hydrogen-bond donors (Lipinski definition) is 1. The number of carboxylic acid groups (broad SMARTS) is 1. The van der Waals surface area contributed by atoms with Crippen LogP contribution in [0.25, 0.3) is 0 Å². The molecular formula is C7H15O3P. The molecule has 0 aliphatic carbocycles. The first-order chi connectivity index (χ1) is 4.95. The first-order valence-electron chi connectivity index (χ1n) is 3.74. The topological polar surface area (TPSA) is 54.4 Å². The molecule has 0 fully saturated rings. The molecule has 0 spiro atoms. The van der Waals surface area contributed by atoms with Gasteiger partial charge in [0.2, 0.25) is 0 Å². The molecule has 0 amide bonds. The normalized spacial score (nSPS) is 18.8. The predicted octanol–water partition coefficient (Wildman–Crippen LogP) is 1.86. The van der Waals surface area contributed by atoms with Gasteiger partial charge in [-0.1, -0.05) is 13.8 Å². The Hall–Kier alpha value is -0.300. The fraction of sp³-hybridized carbons (Fsp3) is 0.857. The van der Waals surface area contributed by atoms with Crippen LogP contribution in [-0.4, -0.2) is 29.6 Å². The van der Waals surface area contributed by atoms with Crippen LogP contribution in [0.5, 0.6) is 0 Å². The number of carbonyl (C=O) groups is 1. The lowest BCUT2D eigenvalue weighted by Crippen LogP contribution is -2.19. The van der Waals surface area contributed by atoms with E-state index in [1.807, 2.05) is 0 Å². The minimum atomic E-state index is -2.44. The summed E-state index contributed by atoms with van der Waals surface area (Å²) in [6.07, 6.45) is 0.925. The zero-order chi connectivity index (χ0) is 9.07. The molecule has 1 N–H and O–H groups in total. The SMILES string of the molecule is CCC(C(=O)O)P(C)(=O)CC. The van der Waals surface area contributed by atoms with Gasteiger partial charge in [-0.3, -0.25) is 4.79 Å². The highest BCUT2D eigenvalue weighted by Gasteiger charge is 2.30. The monoisotopic (exact) mass is 178 g/mol. The quantitative estimate of drug-likeness (QED) is 0.668. The van der Waals surface area contributed by atoms with Crippen LogP contribution in [-0.2, 0) is 9.36 Å². The van der Waals surface area contributed by atoms with E-state index in [0.717, 1.165) is 0 Å². The second-order valence-electron chi connectivity index (χ2n) is 2.75. The van der Waals surface area contributed by atoms with Crippen LogP contribution in [0.3, 0.4) is 0 Å². The van der Waals surface area contributed by atoms with Gasteiger partial charge < -0.3 is 9.67 Å². The van der Waals surface area contributed by atoms with E-state index in [1.165, 1.54) is 0 Å². The number of hydrogen-bond acceptors (Lipinski definition) is 2. The zero-order valence-corrected chi connectivity index (χ0v) is 8.10. The third kappa shape index (κ3) is 2.66. The first kappa shape index (κ1) is 10.7. The molecule has 0 aromatic rings. The molecule has 0 radical (unpaired) electrons. The summed E-state index contributed by atoms with van der Waals surface area (Å²) in [5, 5.41) is 8.67. The van der Waals surface area contributed by atoms with E-state index in [-0.39, 0.29) is 0 Å². The summed E-state index contributed by atoms with van der Waals surface area (Å²) >= 11 is 0. The van der Waals surface area contributed by atoms with Crippen molar-refractivity contribution in [1.29, 1.82) is 0 Å². The summed E-state index contributed by atoms with van der Waals surface area (Å²) in [5.74, 6) is -0.930. The molecule has 0 bridgehead atoms. The van der Waals surface area contributed by atoms with Crippen molar-refractivity contribution in [1.82, 2.24) is 0 Å². The molecule has 4 heteroatoms. The molecule has 0 aliphatic rings. The molecular weight excluding hydrogens is 163 g/mol. The van der Waals surface area contributed by atoms with E-state index >= 15 is 0 Å². The Morgan fingerprint density at radius 3 is 2.09 bits per heavy atom. The van der Waals surface area contributed by atoms with Crippen molar-refractivity contribution in [3.63, 3.8) is 0 Å². The summed E-state index contributed by atoms with van der Waals surface area (Å²) in [6.45, 7) is 5.09. The van der Waals surface area contributed by atoms with Gasteiger partial charge >= 0.3 is 5.97 Å². The average Bonchev–Trinajstić information content (AvgIpc) is 1.88. The molecule has 66 valence electrons. The van der Waals surface area contributed by atoms with E-state index in [0.29, 0.717) is 12.6 Å². The Bertz CT molecular complexity index is 188. The van der Waals surface area contributed by atoms with Crippen LogP contribution < -0.4 is 0 Å². The predicted molar refractivity (Wildman–Crippen MR) is 45.8 cm³/mol. The Labute approximate surface area is 67.2 Å². The Morgan fingerprint density at radius 2 is 2.00 bits per heavy atom. The van der Waals surface area contributed by atoms with Gasteiger partial charge in [0.15, 0.2) is 0 Å². The summed E-state index contributed by atoms with van der Waals surface area (Å²) < 4.78 is 11.6. The summed E-state index contributed by atoms with van der Waals surface area (Å²) in [6, 6.07) is 0. The molecule has 0 rings (SSSR count). The van der Waals surface area contributed by atoms with Crippen LogP contribution >= 0.6 is 7.14 Å². The van der Waals surface area contributed by atoms with Gasteiger partial charge in [-0.2, -0.15) is 0 Å². The van der Waals surface area contributed by atoms with Gasteiger partial charge in [0.25, 0.3) is 0 Å². The van der Waals surface area contributed by atoms with Gasteiger partial charge in [-0.05, 0) is 19.2 Å².